The van der Waals surface area contributed by atoms with E-state index in [1.54, 1.807) is 12.0 Å². The second-order valence-electron chi connectivity index (χ2n) is 7.20. The van der Waals surface area contributed by atoms with Gasteiger partial charge in [-0.25, -0.2) is 17.9 Å². The van der Waals surface area contributed by atoms with Crippen LogP contribution in [0.4, 0.5) is 4.79 Å². The number of rotatable bonds is 7. The van der Waals surface area contributed by atoms with Crippen LogP contribution in [0.25, 0.3) is 0 Å². The zero-order valence-electron chi connectivity index (χ0n) is 16.1. The molecule has 0 spiro atoms. The van der Waals surface area contributed by atoms with Crippen LogP contribution in [0.1, 0.15) is 45.4 Å². The Morgan fingerprint density at radius 1 is 1.15 bits per heavy atom. The average Bonchev–Trinajstić information content (AvgIpc) is 2.59. The highest BCUT2D eigenvalue weighted by Crippen LogP contribution is 2.25. The second kappa shape index (κ2) is 9.87. The van der Waals surface area contributed by atoms with Gasteiger partial charge in [0.05, 0.1) is 31.1 Å². The van der Waals surface area contributed by atoms with Gasteiger partial charge in [-0.05, 0) is 45.4 Å². The summed E-state index contributed by atoms with van der Waals surface area (Å²) in [6, 6.07) is -0.786. The van der Waals surface area contributed by atoms with E-state index in [1.165, 1.54) is 0 Å². The van der Waals surface area contributed by atoms with Gasteiger partial charge in [-0.3, -0.25) is 0 Å². The molecule has 0 bridgehead atoms. The highest BCUT2D eigenvalue weighted by Gasteiger charge is 2.36. The minimum atomic E-state index is -3.35. The standard InChI is InChI=1S/C17H33N3O5S/c1-4-18-17(21)20-11-5-6-15(19-26(3,22)23)16(20)12-25-14-9-7-13(24-2)8-10-14/h13-16,19H,4-12H2,1-3H3,(H,18,21). The number of urea groups is 1. The molecule has 2 unspecified atom stereocenters. The number of carbonyl (C=O) groups excluding carboxylic acids is 1. The van der Waals surface area contributed by atoms with E-state index in [0.717, 1.165) is 38.4 Å². The summed E-state index contributed by atoms with van der Waals surface area (Å²) in [5.74, 6) is 0. The van der Waals surface area contributed by atoms with Crippen molar-refractivity contribution in [1.29, 1.82) is 0 Å². The summed E-state index contributed by atoms with van der Waals surface area (Å²) in [4.78, 5) is 14.1. The number of piperidine rings is 1. The van der Waals surface area contributed by atoms with Crippen LogP contribution in [0.15, 0.2) is 0 Å². The molecular formula is C17H33N3O5S. The fraction of sp³-hybridized carbons (Fsp3) is 0.941. The number of hydrogen-bond donors (Lipinski definition) is 2. The van der Waals surface area contributed by atoms with E-state index in [1.807, 2.05) is 6.92 Å². The van der Waals surface area contributed by atoms with Gasteiger partial charge < -0.3 is 19.7 Å². The summed E-state index contributed by atoms with van der Waals surface area (Å²) in [5, 5.41) is 2.82. The maximum absolute atomic E-state index is 12.4. The van der Waals surface area contributed by atoms with Crippen molar-refractivity contribution in [2.45, 2.75) is 69.7 Å². The Hall–Kier alpha value is -0.900. The zero-order valence-corrected chi connectivity index (χ0v) is 16.9. The summed E-state index contributed by atoms with van der Waals surface area (Å²) < 4.78 is 37.7. The predicted molar refractivity (Wildman–Crippen MR) is 99.6 cm³/mol. The molecule has 2 N–H and O–H groups in total. The molecule has 1 aliphatic heterocycles. The van der Waals surface area contributed by atoms with Crippen molar-refractivity contribution < 1.29 is 22.7 Å². The lowest BCUT2D eigenvalue weighted by Crippen LogP contribution is -2.60. The molecular weight excluding hydrogens is 358 g/mol. The summed E-state index contributed by atoms with van der Waals surface area (Å²) in [6.07, 6.45) is 6.85. The third-order valence-corrected chi connectivity index (χ3v) is 5.92. The molecule has 152 valence electrons. The van der Waals surface area contributed by atoms with Gasteiger partial charge in [-0.15, -0.1) is 0 Å². The fourth-order valence-corrected chi connectivity index (χ4v) is 4.67. The van der Waals surface area contributed by atoms with E-state index in [4.69, 9.17) is 9.47 Å². The Morgan fingerprint density at radius 3 is 2.38 bits per heavy atom. The van der Waals surface area contributed by atoms with E-state index in [9.17, 15) is 13.2 Å². The molecule has 9 heteroatoms. The molecule has 1 aliphatic carbocycles. The van der Waals surface area contributed by atoms with Crippen LogP contribution >= 0.6 is 0 Å². The molecule has 26 heavy (non-hydrogen) atoms. The van der Waals surface area contributed by atoms with Crippen LogP contribution in [-0.2, 0) is 19.5 Å². The van der Waals surface area contributed by atoms with E-state index in [2.05, 4.69) is 10.0 Å². The van der Waals surface area contributed by atoms with Crippen LogP contribution in [0, 0.1) is 0 Å². The summed E-state index contributed by atoms with van der Waals surface area (Å²) in [7, 11) is -1.62. The van der Waals surface area contributed by atoms with Crippen molar-refractivity contribution in [3.63, 3.8) is 0 Å². The van der Waals surface area contributed by atoms with Gasteiger partial charge >= 0.3 is 6.03 Å². The van der Waals surface area contributed by atoms with E-state index in [-0.39, 0.29) is 24.2 Å². The Kier molecular flexibility index (Phi) is 8.12. The minimum Gasteiger partial charge on any atom is -0.381 e. The van der Waals surface area contributed by atoms with E-state index in [0.29, 0.717) is 32.2 Å². The summed E-state index contributed by atoms with van der Waals surface area (Å²) in [5.41, 5.74) is 0. The Bertz CT molecular complexity index is 549. The number of nitrogens with one attached hydrogen (secondary N) is 2. The van der Waals surface area contributed by atoms with Gasteiger partial charge in [-0.2, -0.15) is 0 Å². The number of ether oxygens (including phenoxy) is 2. The number of nitrogens with zero attached hydrogens (tertiary/aromatic N) is 1. The first-order valence-corrected chi connectivity index (χ1v) is 11.4. The maximum Gasteiger partial charge on any atom is 0.317 e. The molecule has 1 saturated heterocycles. The smallest absolute Gasteiger partial charge is 0.317 e. The molecule has 2 rings (SSSR count). The quantitative estimate of drug-likeness (QED) is 0.677. The predicted octanol–water partition coefficient (Wildman–Crippen LogP) is 1.07. The largest absolute Gasteiger partial charge is 0.381 e. The first kappa shape index (κ1) is 21.4. The van der Waals surface area contributed by atoms with Crippen molar-refractivity contribution in [2.24, 2.45) is 0 Å². The molecule has 8 nitrogen and oxygen atoms in total. The first-order valence-electron chi connectivity index (χ1n) is 9.50. The topological polar surface area (TPSA) is 97.0 Å². The van der Waals surface area contributed by atoms with Crippen LogP contribution < -0.4 is 10.0 Å². The Labute approximate surface area is 157 Å². The molecule has 0 aromatic heterocycles. The van der Waals surface area contributed by atoms with Gasteiger partial charge in [0.15, 0.2) is 0 Å². The number of sulfonamides is 1. The molecule has 1 saturated carbocycles. The van der Waals surface area contributed by atoms with Crippen LogP contribution in [0.5, 0.6) is 0 Å². The molecule has 1 heterocycles. The minimum absolute atomic E-state index is 0.137. The number of hydrogen-bond acceptors (Lipinski definition) is 5. The molecule has 2 amide bonds. The van der Waals surface area contributed by atoms with Gasteiger partial charge in [0, 0.05) is 26.2 Å². The lowest BCUT2D eigenvalue weighted by atomic mass is 9.94. The summed E-state index contributed by atoms with van der Waals surface area (Å²) in [6.45, 7) is 3.35. The highest BCUT2D eigenvalue weighted by molar-refractivity contribution is 7.88. The molecule has 2 atom stereocenters. The highest BCUT2D eigenvalue weighted by atomic mass is 32.2. The SMILES string of the molecule is CCNC(=O)N1CCCC(NS(C)(=O)=O)C1COC1CCC(OC)CC1. The van der Waals surface area contributed by atoms with Crippen LogP contribution in [0.2, 0.25) is 0 Å². The normalized spacial score (nSPS) is 30.2. The van der Waals surface area contributed by atoms with Crippen molar-refractivity contribution in [3.05, 3.63) is 0 Å². The molecule has 0 aromatic carbocycles. The van der Waals surface area contributed by atoms with Crippen molar-refractivity contribution >= 4 is 16.1 Å². The number of carbonyl (C=O) groups is 1. The lowest BCUT2D eigenvalue weighted by molar-refractivity contribution is -0.0399. The number of likely N-dealkylation sites (tertiary alicyclic amines) is 1. The maximum atomic E-state index is 12.4. The van der Waals surface area contributed by atoms with Gasteiger partial charge in [0.1, 0.15) is 0 Å². The third-order valence-electron chi connectivity index (χ3n) is 5.19. The molecule has 0 radical (unpaired) electrons. The average molecular weight is 392 g/mol. The van der Waals surface area contributed by atoms with Crippen molar-refractivity contribution in [1.82, 2.24) is 14.9 Å². The van der Waals surface area contributed by atoms with Gasteiger partial charge in [-0.1, -0.05) is 0 Å². The number of amides is 2. The van der Waals surface area contributed by atoms with E-state index < -0.39 is 10.0 Å². The lowest BCUT2D eigenvalue weighted by Gasteiger charge is -2.41. The molecule has 2 fully saturated rings. The Morgan fingerprint density at radius 2 is 1.81 bits per heavy atom. The second-order valence-corrected chi connectivity index (χ2v) is 8.98. The van der Waals surface area contributed by atoms with Gasteiger partial charge in [0.2, 0.25) is 10.0 Å². The fourth-order valence-electron chi connectivity index (χ4n) is 3.85. The van der Waals surface area contributed by atoms with Crippen LogP contribution in [-0.4, -0.2) is 76.7 Å². The monoisotopic (exact) mass is 391 g/mol. The third kappa shape index (κ3) is 6.37. The number of methoxy groups -OCH3 is 1. The zero-order chi connectivity index (χ0) is 19.2. The summed E-state index contributed by atoms with van der Waals surface area (Å²) >= 11 is 0. The molecule has 0 aromatic rings. The van der Waals surface area contributed by atoms with Crippen molar-refractivity contribution in [2.75, 3.05) is 33.1 Å². The molecule has 2 aliphatic rings. The first-order chi connectivity index (χ1) is 12.3. The van der Waals surface area contributed by atoms with Crippen molar-refractivity contribution in [3.8, 4) is 0 Å². The van der Waals surface area contributed by atoms with Gasteiger partial charge in [0.25, 0.3) is 0 Å². The Balaban J connectivity index is 2.01. The van der Waals surface area contributed by atoms with E-state index >= 15 is 0 Å². The van der Waals surface area contributed by atoms with Crippen LogP contribution in [0.3, 0.4) is 0 Å².